The lowest BCUT2D eigenvalue weighted by Crippen LogP contribution is -2.38. The number of aromatic nitrogens is 2. The zero-order valence-electron chi connectivity index (χ0n) is 15.4. The van der Waals surface area contributed by atoms with Crippen LogP contribution in [-0.4, -0.2) is 45.6 Å². The molecule has 0 saturated carbocycles. The summed E-state index contributed by atoms with van der Waals surface area (Å²) in [5, 5.41) is 9.39. The molecule has 1 aliphatic heterocycles. The van der Waals surface area contributed by atoms with Crippen molar-refractivity contribution in [3.8, 4) is 11.1 Å². The molecule has 3 aromatic rings. The van der Waals surface area contributed by atoms with Crippen LogP contribution in [0.1, 0.15) is 27.7 Å². The Bertz CT molecular complexity index is 945. The number of morpholine rings is 1. The third-order valence-electron chi connectivity index (χ3n) is 4.91. The number of nitrogens with zero attached hydrogens (tertiary/aromatic N) is 3. The van der Waals surface area contributed by atoms with E-state index in [1.165, 1.54) is 5.56 Å². The average molecular weight is 375 g/mol. The number of hydrogen-bond donors (Lipinski definition) is 1. The number of hydrogen-bond acceptors (Lipinski definition) is 5. The molecule has 4 rings (SSSR count). The molecule has 6 heteroatoms. The second-order valence-corrected chi connectivity index (χ2v) is 6.78. The van der Waals surface area contributed by atoms with Crippen molar-refractivity contribution in [2.75, 3.05) is 19.7 Å². The lowest BCUT2D eigenvalue weighted by molar-refractivity contribution is -0.0350. The van der Waals surface area contributed by atoms with E-state index >= 15 is 0 Å². The van der Waals surface area contributed by atoms with Gasteiger partial charge < -0.3 is 9.84 Å². The van der Waals surface area contributed by atoms with Crippen molar-refractivity contribution in [1.29, 1.82) is 0 Å². The number of aromatic carboxylic acids is 1. The fraction of sp³-hybridized carbons (Fsp3) is 0.227. The third kappa shape index (κ3) is 4.08. The van der Waals surface area contributed by atoms with Gasteiger partial charge in [0.2, 0.25) is 0 Å². The normalized spacial score (nSPS) is 17.4. The first-order chi connectivity index (χ1) is 13.7. The molecular formula is C22H21N3O3. The summed E-state index contributed by atoms with van der Waals surface area (Å²) < 4.78 is 5.86. The lowest BCUT2D eigenvalue weighted by atomic mass is 9.98. The number of carboxylic acid groups (broad SMARTS) is 1. The van der Waals surface area contributed by atoms with Crippen molar-refractivity contribution in [1.82, 2.24) is 14.9 Å². The predicted octanol–water partition coefficient (Wildman–Crippen LogP) is 3.42. The highest BCUT2D eigenvalue weighted by molar-refractivity contribution is 5.95. The van der Waals surface area contributed by atoms with Crippen LogP contribution in [0.2, 0.25) is 0 Å². The van der Waals surface area contributed by atoms with E-state index in [4.69, 9.17) is 4.74 Å². The van der Waals surface area contributed by atoms with Crippen LogP contribution in [0.4, 0.5) is 0 Å². The standard InChI is InChI=1S/C22H21N3O3/c26-22(27)19-4-2-1-3-18(19)17-7-5-16(6-8-17)13-25-11-12-28-21(14-25)20-9-10-23-15-24-20/h1-10,15,21H,11-14H2,(H,26,27). The van der Waals surface area contributed by atoms with Crippen LogP contribution in [-0.2, 0) is 11.3 Å². The Kier molecular flexibility index (Phi) is 5.41. The fourth-order valence-corrected chi connectivity index (χ4v) is 3.49. The Morgan fingerprint density at radius 3 is 2.71 bits per heavy atom. The van der Waals surface area contributed by atoms with Gasteiger partial charge in [0.1, 0.15) is 12.4 Å². The summed E-state index contributed by atoms with van der Waals surface area (Å²) in [5.41, 5.74) is 4.04. The van der Waals surface area contributed by atoms with Gasteiger partial charge in [0, 0.05) is 25.8 Å². The highest BCUT2D eigenvalue weighted by atomic mass is 16.5. The molecule has 2 heterocycles. The maximum Gasteiger partial charge on any atom is 0.336 e. The second-order valence-electron chi connectivity index (χ2n) is 6.78. The predicted molar refractivity (Wildman–Crippen MR) is 105 cm³/mol. The second kappa shape index (κ2) is 8.29. The first-order valence-corrected chi connectivity index (χ1v) is 9.22. The molecule has 6 nitrogen and oxygen atoms in total. The van der Waals surface area contributed by atoms with Gasteiger partial charge in [-0.25, -0.2) is 14.8 Å². The highest BCUT2D eigenvalue weighted by Gasteiger charge is 2.23. The first kappa shape index (κ1) is 18.3. The van der Waals surface area contributed by atoms with Crippen LogP contribution in [0.3, 0.4) is 0 Å². The average Bonchev–Trinajstić information content (AvgIpc) is 2.75. The molecule has 1 unspecified atom stereocenters. The number of benzene rings is 2. The molecule has 1 fully saturated rings. The van der Waals surface area contributed by atoms with Gasteiger partial charge in [-0.05, 0) is 28.8 Å². The number of ether oxygens (including phenoxy) is 1. The first-order valence-electron chi connectivity index (χ1n) is 9.22. The van der Waals surface area contributed by atoms with Crippen molar-refractivity contribution in [3.05, 3.63) is 83.9 Å². The van der Waals surface area contributed by atoms with Crippen LogP contribution in [0.25, 0.3) is 11.1 Å². The molecule has 0 spiro atoms. The highest BCUT2D eigenvalue weighted by Crippen LogP contribution is 2.25. The Morgan fingerprint density at radius 1 is 1.14 bits per heavy atom. The SMILES string of the molecule is O=C(O)c1ccccc1-c1ccc(CN2CCOC(c3ccncn3)C2)cc1. The molecule has 0 radical (unpaired) electrons. The molecule has 1 saturated heterocycles. The van der Waals surface area contributed by atoms with E-state index in [2.05, 4.69) is 27.0 Å². The quantitative estimate of drug-likeness (QED) is 0.736. The summed E-state index contributed by atoms with van der Waals surface area (Å²) in [4.78, 5) is 22.0. The summed E-state index contributed by atoms with van der Waals surface area (Å²) in [6.45, 7) is 3.12. The Hall–Kier alpha value is -3.09. The molecule has 0 bridgehead atoms. The maximum atomic E-state index is 11.4. The van der Waals surface area contributed by atoms with Gasteiger partial charge in [-0.2, -0.15) is 0 Å². The van der Waals surface area contributed by atoms with Gasteiger partial charge in [-0.15, -0.1) is 0 Å². The largest absolute Gasteiger partial charge is 0.478 e. The van der Waals surface area contributed by atoms with Gasteiger partial charge >= 0.3 is 5.97 Å². The topological polar surface area (TPSA) is 75.5 Å². The minimum atomic E-state index is -0.913. The molecule has 1 aromatic heterocycles. The molecule has 0 amide bonds. The van der Waals surface area contributed by atoms with Gasteiger partial charge in [-0.3, -0.25) is 4.90 Å². The molecular weight excluding hydrogens is 354 g/mol. The van der Waals surface area contributed by atoms with E-state index in [9.17, 15) is 9.90 Å². The number of carbonyl (C=O) groups is 1. The van der Waals surface area contributed by atoms with Crippen LogP contribution in [0, 0.1) is 0 Å². The minimum Gasteiger partial charge on any atom is -0.478 e. The van der Waals surface area contributed by atoms with Crippen LogP contribution in [0.5, 0.6) is 0 Å². The Balaban J connectivity index is 1.46. The summed E-state index contributed by atoms with van der Waals surface area (Å²) in [5.74, 6) is -0.913. The third-order valence-corrected chi connectivity index (χ3v) is 4.91. The summed E-state index contributed by atoms with van der Waals surface area (Å²) >= 11 is 0. The van der Waals surface area contributed by atoms with Gasteiger partial charge in [0.15, 0.2) is 0 Å². The zero-order valence-corrected chi connectivity index (χ0v) is 15.4. The minimum absolute atomic E-state index is 0.0431. The van der Waals surface area contributed by atoms with E-state index in [-0.39, 0.29) is 6.10 Å². The summed E-state index contributed by atoms with van der Waals surface area (Å²) in [6, 6.07) is 17.1. The molecule has 1 N–H and O–H groups in total. The van der Waals surface area contributed by atoms with Crippen LogP contribution < -0.4 is 0 Å². The smallest absolute Gasteiger partial charge is 0.336 e. The maximum absolute atomic E-state index is 11.4. The van der Waals surface area contributed by atoms with Crippen molar-refractivity contribution >= 4 is 5.97 Å². The van der Waals surface area contributed by atoms with Gasteiger partial charge in [0.25, 0.3) is 0 Å². The Morgan fingerprint density at radius 2 is 1.96 bits per heavy atom. The van der Waals surface area contributed by atoms with E-state index in [0.717, 1.165) is 36.5 Å². The molecule has 28 heavy (non-hydrogen) atoms. The number of rotatable bonds is 5. The van der Waals surface area contributed by atoms with Crippen LogP contribution >= 0.6 is 0 Å². The van der Waals surface area contributed by atoms with Crippen molar-refractivity contribution in [2.45, 2.75) is 12.6 Å². The van der Waals surface area contributed by atoms with Gasteiger partial charge in [0.05, 0.1) is 17.9 Å². The van der Waals surface area contributed by atoms with Crippen molar-refractivity contribution in [3.63, 3.8) is 0 Å². The van der Waals surface area contributed by atoms with E-state index in [1.807, 2.05) is 30.3 Å². The van der Waals surface area contributed by atoms with Crippen LogP contribution in [0.15, 0.2) is 67.1 Å². The van der Waals surface area contributed by atoms with E-state index in [0.29, 0.717) is 12.2 Å². The summed E-state index contributed by atoms with van der Waals surface area (Å²) in [7, 11) is 0. The zero-order chi connectivity index (χ0) is 19.3. The molecule has 1 aliphatic rings. The monoisotopic (exact) mass is 375 g/mol. The van der Waals surface area contributed by atoms with Gasteiger partial charge in [-0.1, -0.05) is 42.5 Å². The molecule has 2 aromatic carbocycles. The molecule has 0 aliphatic carbocycles. The van der Waals surface area contributed by atoms with Crippen molar-refractivity contribution in [2.24, 2.45) is 0 Å². The van der Waals surface area contributed by atoms with E-state index < -0.39 is 5.97 Å². The molecule has 142 valence electrons. The van der Waals surface area contributed by atoms with Crippen molar-refractivity contribution < 1.29 is 14.6 Å². The fourth-order valence-electron chi connectivity index (χ4n) is 3.49. The van der Waals surface area contributed by atoms with E-state index in [1.54, 1.807) is 24.7 Å². The lowest BCUT2D eigenvalue weighted by Gasteiger charge is -2.32. The molecule has 1 atom stereocenters. The summed E-state index contributed by atoms with van der Waals surface area (Å²) in [6.07, 6.45) is 3.24. The number of carboxylic acids is 1. The Labute approximate surface area is 163 Å².